The van der Waals surface area contributed by atoms with E-state index in [1.807, 2.05) is 24.5 Å². The summed E-state index contributed by atoms with van der Waals surface area (Å²) in [6, 6.07) is 17.0. The van der Waals surface area contributed by atoms with Gasteiger partial charge in [-0.1, -0.05) is 18.2 Å². The van der Waals surface area contributed by atoms with Gasteiger partial charge in [0.05, 0.1) is 19.3 Å². The van der Waals surface area contributed by atoms with E-state index < -0.39 is 18.1 Å². The number of Topliss-reactive ketones (excluding diaryl/α,β-unsaturated/α-hetero) is 1. The van der Waals surface area contributed by atoms with Gasteiger partial charge in [-0.3, -0.25) is 10.1 Å². The van der Waals surface area contributed by atoms with Gasteiger partial charge in [0.1, 0.15) is 18.3 Å². The van der Waals surface area contributed by atoms with Gasteiger partial charge < -0.3 is 45.3 Å². The summed E-state index contributed by atoms with van der Waals surface area (Å²) in [5.74, 6) is -0.745. The summed E-state index contributed by atoms with van der Waals surface area (Å²) in [6.45, 7) is 2.51. The molecular formula is C37H47N3O8. The molecule has 48 heavy (non-hydrogen) atoms. The van der Waals surface area contributed by atoms with Crippen molar-refractivity contribution in [2.45, 2.75) is 57.3 Å². The fourth-order valence-electron chi connectivity index (χ4n) is 5.86. The molecule has 4 aromatic rings. The lowest BCUT2D eigenvalue weighted by Gasteiger charge is -2.25. The first kappa shape index (κ1) is 36.3. The van der Waals surface area contributed by atoms with Crippen LogP contribution < -0.4 is 20.1 Å². The van der Waals surface area contributed by atoms with Gasteiger partial charge in [-0.05, 0) is 109 Å². The number of nitrogens with one attached hydrogen (secondary N) is 3. The summed E-state index contributed by atoms with van der Waals surface area (Å²) < 4.78 is 11.0. The zero-order valence-corrected chi connectivity index (χ0v) is 27.6. The minimum atomic E-state index is -1.01. The number of carbonyl (C=O) groups is 1. The van der Waals surface area contributed by atoms with Crippen LogP contribution in [0.5, 0.6) is 28.7 Å². The summed E-state index contributed by atoms with van der Waals surface area (Å²) in [6.07, 6.45) is 3.13. The van der Waals surface area contributed by atoms with Gasteiger partial charge in [0.15, 0.2) is 23.0 Å². The molecule has 0 bridgehead atoms. The third-order valence-electron chi connectivity index (χ3n) is 8.26. The molecule has 0 fully saturated rings. The molecule has 3 aromatic carbocycles. The molecule has 0 amide bonds. The molecule has 4 atom stereocenters. The van der Waals surface area contributed by atoms with Crippen LogP contribution in [0.3, 0.4) is 0 Å². The van der Waals surface area contributed by atoms with Crippen molar-refractivity contribution < 1.29 is 39.8 Å². The minimum absolute atomic E-state index is 0.0181. The number of methoxy groups -OCH3 is 1. The highest BCUT2D eigenvalue weighted by Gasteiger charge is 2.29. The van der Waals surface area contributed by atoms with Crippen molar-refractivity contribution in [3.63, 3.8) is 0 Å². The largest absolute Gasteiger partial charge is 0.508 e. The second-order valence-corrected chi connectivity index (χ2v) is 12.2. The topological polar surface area (TPSA) is 177 Å². The zero-order valence-electron chi connectivity index (χ0n) is 27.6. The number of hydrogen-bond acceptors (Lipinski definition) is 10. The maximum Gasteiger partial charge on any atom is 0.163 e. The number of aromatic amines is 1. The van der Waals surface area contributed by atoms with Crippen molar-refractivity contribution >= 4 is 5.78 Å². The van der Waals surface area contributed by atoms with Gasteiger partial charge in [0.2, 0.25) is 0 Å². The van der Waals surface area contributed by atoms with E-state index in [1.165, 1.54) is 13.2 Å². The Hall–Kier alpha value is -4.55. The lowest BCUT2D eigenvalue weighted by atomic mass is 9.81. The highest BCUT2D eigenvalue weighted by atomic mass is 16.5. The van der Waals surface area contributed by atoms with Crippen molar-refractivity contribution in [2.75, 3.05) is 27.4 Å². The number of carbonyl (C=O) groups excluding carboxylic acids is 1. The summed E-state index contributed by atoms with van der Waals surface area (Å²) >= 11 is 0. The fraction of sp³-hybridized carbons (Fsp3) is 0.378. The van der Waals surface area contributed by atoms with E-state index in [0.717, 1.165) is 16.7 Å². The van der Waals surface area contributed by atoms with Crippen LogP contribution in [0.2, 0.25) is 0 Å². The van der Waals surface area contributed by atoms with E-state index in [1.54, 1.807) is 56.4 Å². The molecule has 1 aromatic heterocycles. The maximum atomic E-state index is 14.2. The van der Waals surface area contributed by atoms with E-state index in [4.69, 9.17) is 9.47 Å². The van der Waals surface area contributed by atoms with E-state index in [9.17, 15) is 30.3 Å². The monoisotopic (exact) mass is 661 g/mol. The van der Waals surface area contributed by atoms with Crippen molar-refractivity contribution in [2.24, 2.45) is 5.92 Å². The Morgan fingerprint density at radius 3 is 2.21 bits per heavy atom. The number of aliphatic hydroxyl groups excluding tert-OH is 2. The number of H-pyrrole nitrogens is 1. The number of aliphatic hydroxyl groups is 2. The molecule has 11 heteroatoms. The second-order valence-electron chi connectivity index (χ2n) is 12.2. The third-order valence-corrected chi connectivity index (χ3v) is 8.26. The van der Waals surface area contributed by atoms with Crippen LogP contribution in [-0.2, 0) is 30.6 Å². The molecule has 1 heterocycles. The Morgan fingerprint density at radius 2 is 1.54 bits per heavy atom. The SMILES string of the molecule is CNCc1cc(O)cc(C(Cc2ccc(O)c(OCNCC(C)O)c2)C(=O)CC(O)C(Cc2cc[nH]c2)Cc2ccc(O)c(OC)c2)c1. The maximum absolute atomic E-state index is 14.2. The predicted octanol–water partition coefficient (Wildman–Crippen LogP) is 3.91. The molecule has 0 saturated carbocycles. The smallest absolute Gasteiger partial charge is 0.163 e. The van der Waals surface area contributed by atoms with Crippen LogP contribution >= 0.6 is 0 Å². The van der Waals surface area contributed by atoms with E-state index in [0.29, 0.717) is 42.8 Å². The summed E-state index contributed by atoms with van der Waals surface area (Å²) in [4.78, 5) is 17.3. The van der Waals surface area contributed by atoms with Crippen LogP contribution in [0.1, 0.15) is 47.1 Å². The summed E-state index contributed by atoms with van der Waals surface area (Å²) in [7, 11) is 3.27. The van der Waals surface area contributed by atoms with Crippen molar-refractivity contribution in [1.82, 2.24) is 15.6 Å². The lowest BCUT2D eigenvalue weighted by molar-refractivity contribution is -0.123. The molecular weight excluding hydrogens is 614 g/mol. The number of rotatable bonds is 19. The van der Waals surface area contributed by atoms with E-state index in [2.05, 4.69) is 15.6 Å². The quantitative estimate of drug-likeness (QED) is 0.0543. The van der Waals surface area contributed by atoms with Gasteiger partial charge in [-0.25, -0.2) is 0 Å². The minimum Gasteiger partial charge on any atom is -0.508 e. The molecule has 0 saturated heterocycles. The molecule has 0 radical (unpaired) electrons. The number of ether oxygens (including phenoxy) is 2. The van der Waals surface area contributed by atoms with Crippen LogP contribution in [0.4, 0.5) is 0 Å². The molecule has 0 aliphatic heterocycles. The number of aromatic hydroxyl groups is 3. The van der Waals surface area contributed by atoms with Crippen molar-refractivity contribution in [3.05, 3.63) is 101 Å². The van der Waals surface area contributed by atoms with Crippen LogP contribution in [0, 0.1) is 5.92 Å². The summed E-state index contributed by atoms with van der Waals surface area (Å²) in [5.41, 5.74) is 3.95. The first-order valence-corrected chi connectivity index (χ1v) is 16.1. The average molecular weight is 662 g/mol. The number of phenols is 3. The van der Waals surface area contributed by atoms with E-state index >= 15 is 0 Å². The predicted molar refractivity (Wildman–Crippen MR) is 183 cm³/mol. The molecule has 4 rings (SSSR count). The molecule has 11 nitrogen and oxygen atoms in total. The standard InChI is InChI=1S/C37H47N3O8/c1-23(41)19-40-22-48-37-16-25(5-7-33(37)44)14-31(28-12-27(20-38-2)13-30(42)17-28)35(46)18-34(45)29(11-26-8-9-39-21-26)10-24-4-6-32(43)36(15-24)47-3/h4-9,12-13,15-17,21,23,29,31,34,38-45H,10-11,14,18-20,22H2,1-3H3. The second kappa shape index (κ2) is 17.6. The lowest BCUT2D eigenvalue weighted by Crippen LogP contribution is -2.30. The number of benzene rings is 3. The molecule has 4 unspecified atom stereocenters. The summed E-state index contributed by atoms with van der Waals surface area (Å²) in [5, 5.41) is 58.3. The Balaban J connectivity index is 1.61. The molecule has 8 N–H and O–H groups in total. The highest BCUT2D eigenvalue weighted by molar-refractivity contribution is 5.86. The van der Waals surface area contributed by atoms with Gasteiger partial charge in [-0.2, -0.15) is 0 Å². The number of aromatic nitrogens is 1. The third kappa shape index (κ3) is 10.5. The molecule has 0 aliphatic carbocycles. The molecule has 258 valence electrons. The highest BCUT2D eigenvalue weighted by Crippen LogP contribution is 2.34. The zero-order chi connectivity index (χ0) is 34.6. The first-order valence-electron chi connectivity index (χ1n) is 16.1. The number of hydrogen-bond donors (Lipinski definition) is 8. The number of ketones is 1. The van der Waals surface area contributed by atoms with Crippen LogP contribution in [0.25, 0.3) is 0 Å². The Bertz CT molecular complexity index is 1610. The Labute approximate surface area is 281 Å². The molecule has 0 aliphatic rings. The van der Waals surface area contributed by atoms with Crippen molar-refractivity contribution in [1.29, 1.82) is 0 Å². The Morgan fingerprint density at radius 1 is 0.854 bits per heavy atom. The normalized spacial score (nSPS) is 13.9. The van der Waals surface area contributed by atoms with Gasteiger partial charge in [0, 0.05) is 37.8 Å². The van der Waals surface area contributed by atoms with Gasteiger partial charge in [-0.15, -0.1) is 0 Å². The fourth-order valence-corrected chi connectivity index (χ4v) is 5.86. The van der Waals surface area contributed by atoms with E-state index in [-0.39, 0.29) is 54.3 Å². The van der Waals surface area contributed by atoms with Crippen LogP contribution in [-0.4, -0.2) is 75.9 Å². The van der Waals surface area contributed by atoms with Gasteiger partial charge >= 0.3 is 0 Å². The average Bonchev–Trinajstić information content (AvgIpc) is 3.56. The molecule has 0 spiro atoms. The van der Waals surface area contributed by atoms with Crippen LogP contribution in [0.15, 0.2) is 73.1 Å². The Kier molecular flexibility index (Phi) is 13.3. The first-order chi connectivity index (χ1) is 23.1. The van der Waals surface area contributed by atoms with Crippen molar-refractivity contribution in [3.8, 4) is 28.7 Å². The number of phenolic OH excluding ortho intramolecular Hbond substituents is 3. The van der Waals surface area contributed by atoms with Gasteiger partial charge in [0.25, 0.3) is 0 Å².